The van der Waals surface area contributed by atoms with Gasteiger partial charge in [-0.3, -0.25) is 4.98 Å². The third kappa shape index (κ3) is 11.4. The Labute approximate surface area is 250 Å². The number of hydrogen-bond acceptors (Lipinski definition) is 3. The molecule has 2 fully saturated rings. The minimum atomic E-state index is 0. The van der Waals surface area contributed by atoms with Crippen molar-refractivity contribution in [2.75, 3.05) is 38.5 Å². The Bertz CT molecular complexity index is 730. The molecule has 2 saturated carbocycles. The Kier molecular flexibility index (Phi) is 16.1. The molecule has 0 radical (unpaired) electrons. The van der Waals surface area contributed by atoms with Crippen LogP contribution in [0.2, 0.25) is 0 Å². The molecular formula is C27H52Cl2MnN6S-4. The minimum absolute atomic E-state index is 0. The molecule has 0 N–H and O–H groups in total. The van der Waals surface area contributed by atoms with Crippen LogP contribution in [0.1, 0.15) is 82.3 Å². The standard InChI is InChI=1S/C27H44N6S.2ClH.Mn.4H2/c1-3-33(4-2)15-16-34-23-17-21-19-30-26-11-7-5-9-24(26)28-13-14-29-25-10-6-8-12-27(25)31-20-22(18-23)32-21;;;;;;;/h17-18,24-27H,3-16,19-20H2,1-2H3;2*1H;;4*1H/q-4;;;+2;;;;/p-2/t24-,25?,26-,27-;;;;;;;/m1......./s1. The van der Waals surface area contributed by atoms with Crippen LogP contribution < -0.4 is 0 Å². The maximum absolute atomic E-state index is 5.14. The van der Waals surface area contributed by atoms with Crippen molar-refractivity contribution in [1.82, 2.24) is 9.88 Å². The molecule has 6 nitrogen and oxygen atoms in total. The largest absolute Gasteiger partial charge is 0 e. The van der Waals surface area contributed by atoms with Gasteiger partial charge >= 0.3 is 33.3 Å². The second-order valence-electron chi connectivity index (χ2n) is 10.0. The van der Waals surface area contributed by atoms with Gasteiger partial charge in [0.2, 0.25) is 0 Å². The summed E-state index contributed by atoms with van der Waals surface area (Å²) >= 11 is 1.96. The smallest absolute Gasteiger partial charge is 0 e. The summed E-state index contributed by atoms with van der Waals surface area (Å²) in [4.78, 5) is 8.83. The Morgan fingerprint density at radius 1 is 0.838 bits per heavy atom. The number of pyridine rings is 1. The molecule has 0 saturated heterocycles. The van der Waals surface area contributed by atoms with E-state index < -0.39 is 0 Å². The Morgan fingerprint density at radius 3 is 1.70 bits per heavy atom. The molecule has 2 heterocycles. The van der Waals surface area contributed by atoms with E-state index in [2.05, 4.69) is 30.9 Å². The summed E-state index contributed by atoms with van der Waals surface area (Å²) in [5.41, 5.74) is 2.20. The van der Waals surface area contributed by atoms with Crippen molar-refractivity contribution >= 4 is 32.0 Å². The van der Waals surface area contributed by atoms with Crippen LogP contribution in [0.15, 0.2) is 17.0 Å². The van der Waals surface area contributed by atoms with Crippen LogP contribution in [0.4, 0.5) is 0 Å². The summed E-state index contributed by atoms with van der Waals surface area (Å²) in [7, 11) is 9.59. The minimum Gasteiger partial charge on any atom is 0 e. The molecular weight excluding hydrogens is 566 g/mol. The summed E-state index contributed by atoms with van der Waals surface area (Å²) < 4.78 is 0. The summed E-state index contributed by atoms with van der Waals surface area (Å²) in [5, 5.41) is 20.4. The fraction of sp³-hybridized carbons (Fsp3) is 0.815. The van der Waals surface area contributed by atoms with Gasteiger partial charge in [0.1, 0.15) is 0 Å². The molecule has 1 aliphatic heterocycles. The number of fused-ring (bicyclic) bond motifs is 4. The van der Waals surface area contributed by atoms with Crippen molar-refractivity contribution in [3.05, 3.63) is 44.8 Å². The van der Waals surface area contributed by atoms with E-state index in [0.29, 0.717) is 37.3 Å². The van der Waals surface area contributed by atoms with Crippen LogP contribution in [0.3, 0.4) is 0 Å². The predicted octanol–water partition coefficient (Wildman–Crippen LogP) is 9.01. The molecule has 3 aliphatic rings. The fourth-order valence-electron chi connectivity index (χ4n) is 5.60. The van der Waals surface area contributed by atoms with Gasteiger partial charge in [0.15, 0.2) is 0 Å². The van der Waals surface area contributed by atoms with Crippen LogP contribution >= 0.6 is 32.0 Å². The quantitative estimate of drug-likeness (QED) is 0.236. The summed E-state index contributed by atoms with van der Waals surface area (Å²) in [6.07, 6.45) is 9.78. The van der Waals surface area contributed by atoms with Crippen molar-refractivity contribution < 1.29 is 18.8 Å². The SMILES string of the molecule is CCN(CC)CCSc1cc2nc(c1)C[N-][C@@H]1CCCC[C@H]1[N-]CC[N-]C1CCCC[C@H]1[N-]C2.[Cl][Mn][Cl].[HH].[HH].[HH].[HH]. The van der Waals surface area contributed by atoms with Gasteiger partial charge < -0.3 is 26.2 Å². The molecule has 221 valence electrons. The maximum Gasteiger partial charge on any atom is 0 e. The topological polar surface area (TPSA) is 72.5 Å². The van der Waals surface area contributed by atoms with E-state index in [1.54, 1.807) is 0 Å². The van der Waals surface area contributed by atoms with E-state index in [-0.39, 0.29) is 18.8 Å². The van der Waals surface area contributed by atoms with E-state index >= 15 is 0 Å². The first-order chi connectivity index (χ1) is 18.2. The average molecular weight is 619 g/mol. The Balaban J connectivity index is 0. The number of halogens is 2. The van der Waals surface area contributed by atoms with Crippen LogP contribution in [-0.4, -0.2) is 72.5 Å². The first-order valence-electron chi connectivity index (χ1n) is 14.0. The zero-order valence-electron chi connectivity index (χ0n) is 22.5. The number of nitrogens with zero attached hydrogens (tertiary/aromatic N) is 6. The van der Waals surface area contributed by atoms with Gasteiger partial charge in [0.05, 0.1) is 0 Å². The third-order valence-electron chi connectivity index (χ3n) is 7.67. The van der Waals surface area contributed by atoms with E-state index in [4.69, 9.17) is 46.4 Å². The van der Waals surface area contributed by atoms with Crippen LogP contribution in [0, 0.1) is 0 Å². The molecule has 37 heavy (non-hydrogen) atoms. The monoisotopic (exact) mass is 617 g/mol. The van der Waals surface area contributed by atoms with Crippen molar-refractivity contribution in [2.24, 2.45) is 0 Å². The molecule has 1 aromatic heterocycles. The van der Waals surface area contributed by atoms with E-state index in [0.717, 1.165) is 62.7 Å². The molecule has 0 amide bonds. The van der Waals surface area contributed by atoms with Crippen LogP contribution in [0.5, 0.6) is 0 Å². The fourth-order valence-corrected chi connectivity index (χ4v) is 6.62. The molecule has 0 aromatic carbocycles. The summed E-state index contributed by atoms with van der Waals surface area (Å²) in [5.74, 6) is 1.10. The summed E-state index contributed by atoms with van der Waals surface area (Å²) in [6.45, 7) is 10.9. The molecule has 4 atom stereocenters. The average Bonchev–Trinajstić information content (AvgIpc) is 2.92. The van der Waals surface area contributed by atoms with Crippen molar-refractivity contribution in [1.29, 1.82) is 0 Å². The Morgan fingerprint density at radius 2 is 1.27 bits per heavy atom. The van der Waals surface area contributed by atoms with Gasteiger partial charge in [-0.05, 0) is 25.2 Å². The first-order valence-corrected chi connectivity index (χ1v) is 18.3. The van der Waals surface area contributed by atoms with Crippen LogP contribution in [-0.2, 0) is 26.2 Å². The van der Waals surface area contributed by atoms with Gasteiger partial charge in [-0.2, -0.15) is 37.3 Å². The number of hydrogen-bond donors (Lipinski definition) is 0. The Hall–Kier alpha value is 0.399. The molecule has 1 aromatic rings. The zero-order valence-corrected chi connectivity index (χ0v) is 26.0. The third-order valence-corrected chi connectivity index (χ3v) is 8.62. The normalized spacial score (nSPS) is 27.2. The predicted molar refractivity (Wildman–Crippen MR) is 166 cm³/mol. The number of rotatable bonds is 6. The molecule has 10 heteroatoms. The van der Waals surface area contributed by atoms with Gasteiger partial charge in [-0.25, -0.2) is 0 Å². The van der Waals surface area contributed by atoms with Gasteiger partial charge in [-0.15, -0.1) is 24.9 Å². The summed E-state index contributed by atoms with van der Waals surface area (Å²) in [6, 6.07) is 5.96. The zero-order chi connectivity index (χ0) is 26.3. The van der Waals surface area contributed by atoms with Crippen molar-refractivity contribution in [3.63, 3.8) is 0 Å². The van der Waals surface area contributed by atoms with Crippen molar-refractivity contribution in [2.45, 2.75) is 107 Å². The molecule has 2 aliphatic carbocycles. The van der Waals surface area contributed by atoms with Gasteiger partial charge in [0.25, 0.3) is 0 Å². The van der Waals surface area contributed by atoms with E-state index in [1.807, 2.05) is 11.8 Å². The van der Waals surface area contributed by atoms with Gasteiger partial charge in [0, 0.05) is 34.3 Å². The van der Waals surface area contributed by atoms with E-state index in [9.17, 15) is 0 Å². The van der Waals surface area contributed by atoms with Crippen LogP contribution in [0.25, 0.3) is 21.3 Å². The second kappa shape index (κ2) is 18.7. The molecule has 4 rings (SSSR count). The molecule has 1 unspecified atom stereocenters. The molecule has 0 spiro atoms. The van der Waals surface area contributed by atoms with Gasteiger partial charge in [-0.1, -0.05) is 65.2 Å². The maximum atomic E-state index is 5.14. The number of aromatic nitrogens is 1. The number of thioether (sulfide) groups is 1. The van der Waals surface area contributed by atoms with E-state index in [1.165, 1.54) is 43.4 Å². The first kappa shape index (κ1) is 31.9. The van der Waals surface area contributed by atoms with Crippen molar-refractivity contribution in [3.8, 4) is 0 Å². The molecule has 2 bridgehead atoms. The second-order valence-corrected chi connectivity index (χ2v) is 13.2.